The molecule has 8 heteroatoms. The summed E-state index contributed by atoms with van der Waals surface area (Å²) in [4.78, 5) is 0. The van der Waals surface area contributed by atoms with Gasteiger partial charge < -0.3 is 15.2 Å². The van der Waals surface area contributed by atoms with Crippen LogP contribution in [0.5, 0.6) is 0 Å². The number of amidine groups is 1. The zero-order valence-corrected chi connectivity index (χ0v) is 10.9. The molecule has 0 aromatic carbocycles. The fraction of sp³-hybridized carbons (Fsp3) is 0.727. The number of ether oxygens (including phenoxy) is 2. The van der Waals surface area contributed by atoms with Crippen LogP contribution >= 0.6 is 0 Å². The van der Waals surface area contributed by atoms with Crippen molar-refractivity contribution in [3.05, 3.63) is 12.3 Å². The van der Waals surface area contributed by atoms with Crippen LogP contribution in [0.25, 0.3) is 0 Å². The molecule has 19 heavy (non-hydrogen) atoms. The van der Waals surface area contributed by atoms with E-state index in [0.29, 0.717) is 19.0 Å². The first kappa shape index (κ1) is 12.7. The van der Waals surface area contributed by atoms with Crippen molar-refractivity contribution >= 4 is 5.84 Å². The lowest BCUT2D eigenvalue weighted by molar-refractivity contribution is -0.276. The van der Waals surface area contributed by atoms with Crippen LogP contribution in [0.2, 0.25) is 0 Å². The van der Waals surface area contributed by atoms with Crippen LogP contribution in [0.3, 0.4) is 0 Å². The number of morpholine rings is 2. The molecule has 2 saturated heterocycles. The second-order valence-corrected chi connectivity index (χ2v) is 4.56. The first-order valence-corrected chi connectivity index (χ1v) is 6.61. The van der Waals surface area contributed by atoms with Crippen molar-refractivity contribution in [2.75, 3.05) is 52.6 Å². The van der Waals surface area contributed by atoms with Gasteiger partial charge in [-0.3, -0.25) is 0 Å². The zero-order chi connectivity index (χ0) is 13.1. The number of hydrogen-bond acceptors (Lipinski definition) is 8. The van der Waals surface area contributed by atoms with Gasteiger partial charge in [0.2, 0.25) is 0 Å². The summed E-state index contributed by atoms with van der Waals surface area (Å²) in [5, 5.41) is 12.6. The molecule has 3 heterocycles. The summed E-state index contributed by atoms with van der Waals surface area (Å²) in [6, 6.07) is 0. The number of hydrazone groups is 1. The Morgan fingerprint density at radius 1 is 0.947 bits per heavy atom. The first-order valence-electron chi connectivity index (χ1n) is 6.61. The van der Waals surface area contributed by atoms with E-state index < -0.39 is 0 Å². The number of nitrogens with two attached hydrogens (primary N) is 1. The highest BCUT2D eigenvalue weighted by atomic mass is 16.5. The van der Waals surface area contributed by atoms with Crippen LogP contribution in [-0.2, 0) is 9.47 Å². The Morgan fingerprint density at radius 2 is 1.53 bits per heavy atom. The Morgan fingerprint density at radius 3 is 2.16 bits per heavy atom. The van der Waals surface area contributed by atoms with Gasteiger partial charge in [-0.25, -0.2) is 0 Å². The fourth-order valence-corrected chi connectivity index (χ4v) is 2.28. The topological polar surface area (TPSA) is 69.8 Å². The molecule has 3 aliphatic heterocycles. The minimum atomic E-state index is 0.510. The van der Waals surface area contributed by atoms with Gasteiger partial charge in [-0.05, 0) is 0 Å². The summed E-state index contributed by atoms with van der Waals surface area (Å²) in [5.74, 6) is 0.510. The van der Waals surface area contributed by atoms with E-state index in [0.717, 1.165) is 39.4 Å². The molecule has 0 radical (unpaired) electrons. The quantitative estimate of drug-likeness (QED) is 0.674. The van der Waals surface area contributed by atoms with Crippen LogP contribution < -0.4 is 5.73 Å². The van der Waals surface area contributed by atoms with E-state index in [-0.39, 0.29) is 0 Å². The van der Waals surface area contributed by atoms with Crippen LogP contribution in [0, 0.1) is 0 Å². The van der Waals surface area contributed by atoms with E-state index in [9.17, 15) is 0 Å². The van der Waals surface area contributed by atoms with Crippen LogP contribution in [-0.4, -0.2) is 78.8 Å². The Hall–Kier alpha value is -1.35. The highest BCUT2D eigenvalue weighted by molar-refractivity contribution is 5.91. The molecule has 0 unspecified atom stereocenters. The molecule has 0 saturated carbocycles. The molecular weight excluding hydrogens is 248 g/mol. The maximum absolute atomic E-state index is 5.82. The van der Waals surface area contributed by atoms with Crippen LogP contribution in [0.1, 0.15) is 0 Å². The van der Waals surface area contributed by atoms with E-state index in [1.807, 2.05) is 22.6 Å². The molecule has 106 valence electrons. The third-order valence-electron chi connectivity index (χ3n) is 3.28. The van der Waals surface area contributed by atoms with Gasteiger partial charge in [-0.15, -0.1) is 10.3 Å². The van der Waals surface area contributed by atoms with E-state index in [2.05, 4.69) is 15.1 Å². The molecule has 0 atom stereocenters. The first-order chi connectivity index (χ1) is 9.34. The molecule has 2 fully saturated rings. The van der Waals surface area contributed by atoms with Gasteiger partial charge in [0.15, 0.2) is 0 Å². The molecule has 3 aliphatic rings. The predicted octanol–water partition coefficient (Wildman–Crippen LogP) is -1.20. The molecule has 8 nitrogen and oxygen atoms in total. The molecule has 3 rings (SSSR count). The standard InChI is InChI=1S/C11H20N6O2/c12-11-1-2-16(14-3-7-18-8-4-14)17(13-11)15-5-9-19-10-6-15/h1-2H,3-10H2,(H2,12,13). The molecule has 0 bridgehead atoms. The Balaban J connectivity index is 1.74. The number of hydrazine groups is 3. The summed E-state index contributed by atoms with van der Waals surface area (Å²) in [6.07, 6.45) is 3.76. The highest BCUT2D eigenvalue weighted by Gasteiger charge is 2.28. The number of nitrogens with zero attached hydrogens (tertiary/aromatic N) is 5. The predicted molar refractivity (Wildman–Crippen MR) is 69.2 cm³/mol. The number of hydrogen-bond donors (Lipinski definition) is 1. The van der Waals surface area contributed by atoms with Gasteiger partial charge in [0, 0.05) is 38.5 Å². The second kappa shape index (κ2) is 5.74. The van der Waals surface area contributed by atoms with Gasteiger partial charge in [0.1, 0.15) is 5.84 Å². The Kier molecular flexibility index (Phi) is 3.83. The van der Waals surface area contributed by atoms with E-state index >= 15 is 0 Å². The maximum Gasteiger partial charge on any atom is 0.148 e. The normalized spacial score (nSPS) is 26.6. The molecule has 0 aromatic rings. The lowest BCUT2D eigenvalue weighted by Gasteiger charge is -2.46. The highest BCUT2D eigenvalue weighted by Crippen LogP contribution is 2.16. The monoisotopic (exact) mass is 268 g/mol. The van der Waals surface area contributed by atoms with Gasteiger partial charge in [-0.2, -0.15) is 15.1 Å². The zero-order valence-electron chi connectivity index (χ0n) is 10.9. The Labute approximate surface area is 112 Å². The molecule has 2 N–H and O–H groups in total. The lowest BCUT2D eigenvalue weighted by atomic mass is 10.5. The molecular formula is C11H20N6O2. The molecule has 0 aliphatic carbocycles. The van der Waals surface area contributed by atoms with Crippen molar-refractivity contribution in [3.8, 4) is 0 Å². The largest absolute Gasteiger partial charge is 0.382 e. The second-order valence-electron chi connectivity index (χ2n) is 4.56. The Bertz CT molecular complexity index is 362. The minimum absolute atomic E-state index is 0.510. The summed E-state index contributed by atoms with van der Waals surface area (Å²) >= 11 is 0. The summed E-state index contributed by atoms with van der Waals surface area (Å²) in [5.41, 5.74) is 5.82. The van der Waals surface area contributed by atoms with E-state index in [4.69, 9.17) is 15.2 Å². The van der Waals surface area contributed by atoms with Gasteiger partial charge in [-0.1, -0.05) is 0 Å². The lowest BCUT2D eigenvalue weighted by Crippen LogP contribution is -2.60. The summed E-state index contributed by atoms with van der Waals surface area (Å²) < 4.78 is 10.8. The van der Waals surface area contributed by atoms with Crippen molar-refractivity contribution in [2.45, 2.75) is 0 Å². The summed E-state index contributed by atoms with van der Waals surface area (Å²) in [6.45, 7) is 6.22. The third-order valence-corrected chi connectivity index (χ3v) is 3.28. The minimum Gasteiger partial charge on any atom is -0.382 e. The average Bonchev–Trinajstić information content (AvgIpc) is 2.49. The number of rotatable bonds is 2. The summed E-state index contributed by atoms with van der Waals surface area (Å²) in [7, 11) is 0. The average molecular weight is 268 g/mol. The third kappa shape index (κ3) is 2.81. The van der Waals surface area contributed by atoms with Crippen molar-refractivity contribution < 1.29 is 9.47 Å². The maximum atomic E-state index is 5.82. The van der Waals surface area contributed by atoms with Crippen molar-refractivity contribution in [2.24, 2.45) is 10.8 Å². The molecule has 0 amide bonds. The fourth-order valence-electron chi connectivity index (χ4n) is 2.28. The SMILES string of the molecule is NC1=NN(N2CCOCC2)N(N2CCOCC2)C=C1. The van der Waals surface area contributed by atoms with E-state index in [1.54, 1.807) is 0 Å². The van der Waals surface area contributed by atoms with Gasteiger partial charge in [0.05, 0.1) is 26.4 Å². The van der Waals surface area contributed by atoms with Crippen molar-refractivity contribution in [3.63, 3.8) is 0 Å². The smallest absolute Gasteiger partial charge is 0.148 e. The van der Waals surface area contributed by atoms with Gasteiger partial charge in [0.25, 0.3) is 0 Å². The molecule has 0 aromatic heterocycles. The van der Waals surface area contributed by atoms with Crippen molar-refractivity contribution in [1.82, 2.24) is 20.4 Å². The van der Waals surface area contributed by atoms with Crippen molar-refractivity contribution in [1.29, 1.82) is 0 Å². The van der Waals surface area contributed by atoms with Crippen LogP contribution in [0.15, 0.2) is 17.4 Å². The van der Waals surface area contributed by atoms with E-state index in [1.165, 1.54) is 0 Å². The van der Waals surface area contributed by atoms with Gasteiger partial charge >= 0.3 is 0 Å². The molecule has 0 spiro atoms. The van der Waals surface area contributed by atoms with Crippen LogP contribution in [0.4, 0.5) is 0 Å².